The SMILES string of the molecule is CCCC(CN)(CCC)N(CCOC)C1CC1. The van der Waals surface area contributed by atoms with Gasteiger partial charge in [-0.1, -0.05) is 26.7 Å². The van der Waals surface area contributed by atoms with E-state index in [-0.39, 0.29) is 5.54 Å². The topological polar surface area (TPSA) is 38.5 Å². The van der Waals surface area contributed by atoms with Crippen molar-refractivity contribution in [2.75, 3.05) is 26.8 Å². The van der Waals surface area contributed by atoms with Crippen LogP contribution in [-0.2, 0) is 4.74 Å². The van der Waals surface area contributed by atoms with Crippen molar-refractivity contribution in [3.63, 3.8) is 0 Å². The number of ether oxygens (including phenoxy) is 1. The minimum absolute atomic E-state index is 0.225. The van der Waals surface area contributed by atoms with E-state index in [1.165, 1.54) is 38.5 Å². The van der Waals surface area contributed by atoms with Gasteiger partial charge in [-0.25, -0.2) is 0 Å². The molecule has 3 heteroatoms. The Hall–Kier alpha value is -0.120. The maximum absolute atomic E-state index is 6.14. The molecule has 0 bridgehead atoms. The second kappa shape index (κ2) is 7.34. The minimum atomic E-state index is 0.225. The third kappa shape index (κ3) is 3.94. The van der Waals surface area contributed by atoms with Crippen LogP contribution in [0.15, 0.2) is 0 Å². The molecule has 17 heavy (non-hydrogen) atoms. The first kappa shape index (κ1) is 14.9. The molecule has 0 aromatic rings. The first-order chi connectivity index (χ1) is 8.24. The van der Waals surface area contributed by atoms with Crippen LogP contribution in [0.1, 0.15) is 52.4 Å². The quantitative estimate of drug-likeness (QED) is 0.639. The van der Waals surface area contributed by atoms with Crippen LogP contribution in [0, 0.1) is 0 Å². The summed E-state index contributed by atoms with van der Waals surface area (Å²) in [4.78, 5) is 2.66. The van der Waals surface area contributed by atoms with Crippen LogP contribution in [0.4, 0.5) is 0 Å². The molecule has 0 atom stereocenters. The monoisotopic (exact) mass is 242 g/mol. The maximum Gasteiger partial charge on any atom is 0.0590 e. The third-order valence-electron chi connectivity index (χ3n) is 3.94. The van der Waals surface area contributed by atoms with E-state index >= 15 is 0 Å². The van der Waals surface area contributed by atoms with E-state index in [9.17, 15) is 0 Å². The van der Waals surface area contributed by atoms with Crippen LogP contribution in [0.5, 0.6) is 0 Å². The number of hydrogen-bond donors (Lipinski definition) is 1. The fourth-order valence-electron chi connectivity index (χ4n) is 3.05. The molecule has 1 aliphatic rings. The molecule has 0 aliphatic heterocycles. The zero-order valence-electron chi connectivity index (χ0n) is 11.9. The average molecular weight is 242 g/mol. The molecular weight excluding hydrogens is 212 g/mol. The fourth-order valence-corrected chi connectivity index (χ4v) is 3.05. The van der Waals surface area contributed by atoms with Gasteiger partial charge in [-0.15, -0.1) is 0 Å². The zero-order valence-corrected chi connectivity index (χ0v) is 11.9. The van der Waals surface area contributed by atoms with Gasteiger partial charge in [-0.05, 0) is 25.7 Å². The number of nitrogens with zero attached hydrogens (tertiary/aromatic N) is 1. The summed E-state index contributed by atoms with van der Waals surface area (Å²) < 4.78 is 5.26. The van der Waals surface area contributed by atoms with Crippen LogP contribution >= 0.6 is 0 Å². The van der Waals surface area contributed by atoms with E-state index in [2.05, 4.69) is 18.7 Å². The highest BCUT2D eigenvalue weighted by molar-refractivity contribution is 4.98. The lowest BCUT2D eigenvalue weighted by Crippen LogP contribution is -2.55. The number of nitrogens with two attached hydrogens (primary N) is 1. The van der Waals surface area contributed by atoms with Gasteiger partial charge in [0.1, 0.15) is 0 Å². The summed E-state index contributed by atoms with van der Waals surface area (Å²) in [7, 11) is 1.79. The molecule has 0 amide bonds. The van der Waals surface area contributed by atoms with Gasteiger partial charge >= 0.3 is 0 Å². The van der Waals surface area contributed by atoms with Gasteiger partial charge in [-0.2, -0.15) is 0 Å². The lowest BCUT2D eigenvalue weighted by molar-refractivity contribution is 0.0389. The van der Waals surface area contributed by atoms with Gasteiger partial charge in [-0.3, -0.25) is 4.90 Å². The summed E-state index contributed by atoms with van der Waals surface area (Å²) in [6.45, 7) is 7.18. The Morgan fingerprint density at radius 1 is 1.24 bits per heavy atom. The third-order valence-corrected chi connectivity index (χ3v) is 3.94. The van der Waals surface area contributed by atoms with E-state index in [1.54, 1.807) is 7.11 Å². The van der Waals surface area contributed by atoms with Gasteiger partial charge in [0.15, 0.2) is 0 Å². The summed E-state index contributed by atoms with van der Waals surface area (Å²) in [6, 6.07) is 0.770. The zero-order chi connectivity index (χ0) is 12.7. The summed E-state index contributed by atoms with van der Waals surface area (Å²) >= 11 is 0. The molecule has 0 saturated heterocycles. The highest BCUT2D eigenvalue weighted by Gasteiger charge is 2.41. The van der Waals surface area contributed by atoms with Crippen molar-refractivity contribution in [3.05, 3.63) is 0 Å². The Morgan fingerprint density at radius 2 is 1.82 bits per heavy atom. The Labute approximate surface area is 107 Å². The summed E-state index contributed by atoms with van der Waals surface area (Å²) in [6.07, 6.45) is 7.56. The van der Waals surface area contributed by atoms with Crippen LogP contribution in [-0.4, -0.2) is 43.3 Å². The summed E-state index contributed by atoms with van der Waals surface area (Å²) in [5.41, 5.74) is 6.36. The van der Waals surface area contributed by atoms with Gasteiger partial charge in [0.25, 0.3) is 0 Å². The van der Waals surface area contributed by atoms with E-state index in [1.807, 2.05) is 0 Å². The molecular formula is C14H30N2O. The summed E-state index contributed by atoms with van der Waals surface area (Å²) in [5, 5.41) is 0. The molecule has 2 N–H and O–H groups in total. The van der Waals surface area contributed by atoms with Gasteiger partial charge < -0.3 is 10.5 Å². The molecule has 0 aromatic heterocycles. The fraction of sp³-hybridized carbons (Fsp3) is 1.00. The summed E-state index contributed by atoms with van der Waals surface area (Å²) in [5.74, 6) is 0. The molecule has 3 nitrogen and oxygen atoms in total. The molecule has 0 unspecified atom stereocenters. The van der Waals surface area contributed by atoms with Crippen LogP contribution < -0.4 is 5.73 Å². The van der Waals surface area contributed by atoms with Crippen molar-refractivity contribution in [2.24, 2.45) is 5.73 Å². The molecule has 102 valence electrons. The lowest BCUT2D eigenvalue weighted by Gasteiger charge is -2.44. The van der Waals surface area contributed by atoms with E-state index in [4.69, 9.17) is 10.5 Å². The van der Waals surface area contributed by atoms with Crippen LogP contribution in [0.3, 0.4) is 0 Å². The van der Waals surface area contributed by atoms with Gasteiger partial charge in [0.2, 0.25) is 0 Å². The number of methoxy groups -OCH3 is 1. The lowest BCUT2D eigenvalue weighted by atomic mass is 9.86. The first-order valence-electron chi connectivity index (χ1n) is 7.19. The smallest absolute Gasteiger partial charge is 0.0590 e. The normalized spacial score (nSPS) is 16.8. The molecule has 1 rings (SSSR count). The van der Waals surface area contributed by atoms with Crippen LogP contribution in [0.25, 0.3) is 0 Å². The first-order valence-corrected chi connectivity index (χ1v) is 7.19. The Bertz CT molecular complexity index is 198. The molecule has 1 fully saturated rings. The second-order valence-corrected chi connectivity index (χ2v) is 5.35. The maximum atomic E-state index is 6.14. The Balaban J connectivity index is 2.73. The molecule has 0 heterocycles. The number of hydrogen-bond acceptors (Lipinski definition) is 3. The van der Waals surface area contributed by atoms with Gasteiger partial charge in [0, 0.05) is 31.8 Å². The van der Waals surface area contributed by atoms with Crippen molar-refractivity contribution in [1.29, 1.82) is 0 Å². The predicted molar refractivity (Wildman–Crippen MR) is 73.2 cm³/mol. The average Bonchev–Trinajstić information content (AvgIpc) is 3.14. The predicted octanol–water partition coefficient (Wildman–Crippen LogP) is 2.39. The highest BCUT2D eigenvalue weighted by atomic mass is 16.5. The van der Waals surface area contributed by atoms with E-state index in [0.717, 1.165) is 25.7 Å². The Kier molecular flexibility index (Phi) is 6.45. The standard InChI is InChI=1S/C14H30N2O/c1-4-8-14(12-15,9-5-2)16(10-11-17-3)13-6-7-13/h13H,4-12,15H2,1-3H3. The van der Waals surface area contributed by atoms with Crippen molar-refractivity contribution >= 4 is 0 Å². The van der Waals surface area contributed by atoms with Crippen molar-refractivity contribution in [3.8, 4) is 0 Å². The molecule has 1 aliphatic carbocycles. The molecule has 0 radical (unpaired) electrons. The molecule has 0 aromatic carbocycles. The molecule has 0 spiro atoms. The van der Waals surface area contributed by atoms with Crippen molar-refractivity contribution in [2.45, 2.75) is 64.0 Å². The largest absolute Gasteiger partial charge is 0.383 e. The van der Waals surface area contributed by atoms with E-state index < -0.39 is 0 Å². The highest BCUT2D eigenvalue weighted by Crippen LogP contribution is 2.37. The second-order valence-electron chi connectivity index (χ2n) is 5.35. The number of rotatable bonds is 10. The van der Waals surface area contributed by atoms with Gasteiger partial charge in [0.05, 0.1) is 6.61 Å². The molecule has 1 saturated carbocycles. The van der Waals surface area contributed by atoms with Crippen molar-refractivity contribution in [1.82, 2.24) is 4.90 Å². The Morgan fingerprint density at radius 3 is 2.18 bits per heavy atom. The van der Waals surface area contributed by atoms with Crippen LogP contribution in [0.2, 0.25) is 0 Å². The van der Waals surface area contributed by atoms with Crippen molar-refractivity contribution < 1.29 is 4.74 Å². The minimum Gasteiger partial charge on any atom is -0.383 e. The van der Waals surface area contributed by atoms with E-state index in [0.29, 0.717) is 0 Å².